The Hall–Kier alpha value is -0.430. The Morgan fingerprint density at radius 1 is 1.23 bits per heavy atom. The van der Waals surface area contributed by atoms with Gasteiger partial charge in [0.2, 0.25) is 9.70 Å². The molecule has 2 bridgehead atoms. The van der Waals surface area contributed by atoms with Crippen LogP contribution in [0.25, 0.3) is 0 Å². The lowest BCUT2D eigenvalue weighted by molar-refractivity contribution is -0.125. The Bertz CT molecular complexity index is 966. The molecule has 1 saturated carbocycles. The first-order chi connectivity index (χ1) is 14.4. The molecule has 2 fully saturated rings. The van der Waals surface area contributed by atoms with Crippen molar-refractivity contribution in [3.63, 3.8) is 0 Å². The molecule has 0 unspecified atom stereocenters. The van der Waals surface area contributed by atoms with Crippen molar-refractivity contribution in [3.8, 4) is 0 Å². The molecule has 1 aromatic heterocycles. The fourth-order valence-electron chi connectivity index (χ4n) is 5.37. The van der Waals surface area contributed by atoms with Crippen LogP contribution in [-0.4, -0.2) is 38.4 Å². The molecule has 0 radical (unpaired) electrons. The van der Waals surface area contributed by atoms with Gasteiger partial charge in [0, 0.05) is 37.3 Å². The lowest BCUT2D eigenvalue weighted by Crippen LogP contribution is -2.60. The van der Waals surface area contributed by atoms with Gasteiger partial charge in [-0.1, -0.05) is 77.9 Å². The Kier molecular flexibility index (Phi) is 6.44. The molecule has 1 saturated heterocycles. The molecule has 170 valence electrons. The number of likely N-dealkylation sites (tertiary alicyclic amines) is 1. The van der Waals surface area contributed by atoms with Crippen molar-refractivity contribution in [1.29, 1.82) is 0 Å². The van der Waals surface area contributed by atoms with Gasteiger partial charge in [-0.2, -0.15) is 0 Å². The van der Waals surface area contributed by atoms with E-state index in [0.29, 0.717) is 19.6 Å². The highest BCUT2D eigenvalue weighted by molar-refractivity contribution is 6.68. The molecule has 5 nitrogen and oxygen atoms in total. The van der Waals surface area contributed by atoms with Crippen LogP contribution in [0.2, 0.25) is 0 Å². The van der Waals surface area contributed by atoms with E-state index in [0.717, 1.165) is 12.1 Å². The van der Waals surface area contributed by atoms with Gasteiger partial charge in [0.15, 0.2) is 0 Å². The maximum absolute atomic E-state index is 13.1. The smallest absolute Gasteiger partial charge is 0.250 e. The third kappa shape index (κ3) is 4.64. The summed E-state index contributed by atoms with van der Waals surface area (Å²) in [5.41, 5.74) is 0.725. The summed E-state index contributed by atoms with van der Waals surface area (Å²) in [6.07, 6.45) is 1.87. The third-order valence-electron chi connectivity index (χ3n) is 6.96. The summed E-state index contributed by atoms with van der Waals surface area (Å²) in [5, 5.41) is 2.98. The molecule has 31 heavy (non-hydrogen) atoms. The first-order valence-electron chi connectivity index (χ1n) is 10.2. The standard InChI is InChI=1S/C21H24Cl5N3O2/c1-20(2)13(7-15(22)23)17(20)18(31)27-19(21(24,25)26)28-8-11-6-12(10-28)14-4-3-5-16(30)29(14)9-11/h3-5,7,11-13,17,19H,6,8-10H2,1-2H3,(H,27,31)/t11-,12+,13-,17+,19+/m0/s1. The number of nitrogens with zero attached hydrogens (tertiary/aromatic N) is 2. The van der Waals surface area contributed by atoms with Crippen molar-refractivity contribution < 1.29 is 4.79 Å². The van der Waals surface area contributed by atoms with Gasteiger partial charge in [0.1, 0.15) is 10.7 Å². The van der Waals surface area contributed by atoms with Crippen molar-refractivity contribution in [1.82, 2.24) is 14.8 Å². The fourth-order valence-corrected chi connectivity index (χ4v) is 6.22. The number of alkyl halides is 3. The molecule has 3 heterocycles. The molecule has 4 rings (SSSR count). The van der Waals surface area contributed by atoms with Crippen LogP contribution in [0, 0.1) is 23.2 Å². The SMILES string of the molecule is CC1(C)[C@@H](C=C(Cl)Cl)[C@@H]1C(=O)N[C@H](N1C[C@@H]2C[C@H](C1)c1cccc(=O)n1C2)C(Cl)(Cl)Cl. The molecular formula is C21H24Cl5N3O2. The predicted molar refractivity (Wildman–Crippen MR) is 126 cm³/mol. The number of nitrogens with one attached hydrogen (secondary N) is 1. The van der Waals surface area contributed by atoms with E-state index in [1.807, 2.05) is 29.4 Å². The number of amides is 1. The molecule has 0 aromatic carbocycles. The quantitative estimate of drug-likeness (QED) is 0.579. The number of pyridine rings is 1. The maximum Gasteiger partial charge on any atom is 0.250 e. The minimum absolute atomic E-state index is 0.0138. The normalized spacial score (nSPS) is 30.2. The van der Waals surface area contributed by atoms with E-state index in [9.17, 15) is 9.59 Å². The molecule has 5 atom stereocenters. The van der Waals surface area contributed by atoms with E-state index >= 15 is 0 Å². The second-order valence-electron chi connectivity index (χ2n) is 9.39. The minimum atomic E-state index is -1.72. The molecule has 1 aliphatic carbocycles. The highest BCUT2D eigenvalue weighted by Gasteiger charge is 2.61. The van der Waals surface area contributed by atoms with E-state index in [1.54, 1.807) is 18.2 Å². The van der Waals surface area contributed by atoms with Gasteiger partial charge in [-0.15, -0.1) is 0 Å². The van der Waals surface area contributed by atoms with Gasteiger partial charge in [-0.3, -0.25) is 14.5 Å². The lowest BCUT2D eigenvalue weighted by Gasteiger charge is -2.47. The highest BCUT2D eigenvalue weighted by atomic mass is 35.6. The first-order valence-corrected chi connectivity index (χ1v) is 12.1. The van der Waals surface area contributed by atoms with Crippen molar-refractivity contribution in [2.24, 2.45) is 23.2 Å². The lowest BCUT2D eigenvalue weighted by atomic mass is 9.83. The number of rotatable bonds is 4. The molecule has 0 spiro atoms. The third-order valence-corrected chi connectivity index (χ3v) is 7.83. The van der Waals surface area contributed by atoms with Crippen LogP contribution in [0.4, 0.5) is 0 Å². The summed E-state index contributed by atoms with van der Waals surface area (Å²) in [7, 11) is 0. The molecule has 10 heteroatoms. The number of piperidine rings is 1. The van der Waals surface area contributed by atoms with E-state index in [1.165, 1.54) is 0 Å². The maximum atomic E-state index is 13.1. The van der Waals surface area contributed by atoms with Crippen LogP contribution in [0.5, 0.6) is 0 Å². The predicted octanol–water partition coefficient (Wildman–Crippen LogP) is 4.67. The highest BCUT2D eigenvalue weighted by Crippen LogP contribution is 2.60. The van der Waals surface area contributed by atoms with Crippen LogP contribution in [0.3, 0.4) is 0 Å². The summed E-state index contributed by atoms with van der Waals surface area (Å²) in [4.78, 5) is 27.4. The average Bonchev–Trinajstić information content (AvgIpc) is 3.18. The summed E-state index contributed by atoms with van der Waals surface area (Å²) in [6, 6.07) is 5.35. The van der Waals surface area contributed by atoms with Crippen molar-refractivity contribution >= 4 is 63.9 Å². The summed E-state index contributed by atoms with van der Waals surface area (Å²) < 4.78 is 0.272. The monoisotopic (exact) mass is 525 g/mol. The summed E-state index contributed by atoms with van der Waals surface area (Å²) >= 11 is 30.7. The van der Waals surface area contributed by atoms with Crippen LogP contribution in [0.15, 0.2) is 33.6 Å². The molecule has 3 aliphatic rings. The van der Waals surface area contributed by atoms with Crippen LogP contribution < -0.4 is 10.9 Å². The van der Waals surface area contributed by atoms with E-state index in [-0.39, 0.29) is 45.0 Å². The first kappa shape index (κ1) is 23.7. The molecule has 1 amide bonds. The van der Waals surface area contributed by atoms with Gasteiger partial charge in [0.25, 0.3) is 5.56 Å². The Balaban J connectivity index is 1.54. The van der Waals surface area contributed by atoms with Crippen LogP contribution in [0.1, 0.15) is 31.9 Å². The summed E-state index contributed by atoms with van der Waals surface area (Å²) in [5.74, 6) is -0.201. The van der Waals surface area contributed by atoms with E-state index < -0.39 is 9.96 Å². The summed E-state index contributed by atoms with van der Waals surface area (Å²) in [6.45, 7) is 5.81. The van der Waals surface area contributed by atoms with Gasteiger partial charge < -0.3 is 9.88 Å². The zero-order valence-corrected chi connectivity index (χ0v) is 20.9. The zero-order chi connectivity index (χ0) is 22.7. The van der Waals surface area contributed by atoms with Crippen molar-refractivity contribution in [2.45, 2.75) is 42.7 Å². The number of hydrogen-bond donors (Lipinski definition) is 1. The minimum Gasteiger partial charge on any atom is -0.336 e. The average molecular weight is 528 g/mol. The molecular weight excluding hydrogens is 504 g/mol. The van der Waals surface area contributed by atoms with Gasteiger partial charge in [-0.25, -0.2) is 0 Å². The van der Waals surface area contributed by atoms with Crippen molar-refractivity contribution in [2.75, 3.05) is 13.1 Å². The van der Waals surface area contributed by atoms with Gasteiger partial charge in [-0.05, 0) is 35.8 Å². The molecule has 1 N–H and O–H groups in total. The number of fused-ring (bicyclic) bond motifs is 4. The zero-order valence-electron chi connectivity index (χ0n) is 17.1. The fraction of sp³-hybridized carbons (Fsp3) is 0.619. The molecule has 2 aliphatic heterocycles. The van der Waals surface area contributed by atoms with E-state index in [2.05, 4.69) is 5.32 Å². The van der Waals surface area contributed by atoms with Crippen LogP contribution in [-0.2, 0) is 11.3 Å². The topological polar surface area (TPSA) is 54.3 Å². The van der Waals surface area contributed by atoms with E-state index in [4.69, 9.17) is 58.0 Å². The number of carbonyl (C=O) groups is 1. The van der Waals surface area contributed by atoms with Gasteiger partial charge in [0.05, 0.1) is 5.92 Å². The number of allylic oxidation sites excluding steroid dienone is 1. The Morgan fingerprint density at radius 3 is 2.58 bits per heavy atom. The largest absolute Gasteiger partial charge is 0.336 e. The molecule has 1 aromatic rings. The number of hydrogen-bond acceptors (Lipinski definition) is 3. The number of halogens is 5. The number of carbonyl (C=O) groups excluding carboxylic acids is 1. The Morgan fingerprint density at radius 2 is 1.94 bits per heavy atom. The van der Waals surface area contributed by atoms with Crippen molar-refractivity contribution in [3.05, 3.63) is 44.8 Å². The second-order valence-corrected chi connectivity index (χ2v) is 12.8. The van der Waals surface area contributed by atoms with Gasteiger partial charge >= 0.3 is 0 Å². The Labute approximate surface area is 206 Å². The number of aromatic nitrogens is 1. The van der Waals surface area contributed by atoms with Crippen LogP contribution >= 0.6 is 58.0 Å². The second kappa shape index (κ2) is 8.41.